The molecule has 1 fully saturated rings. The van der Waals surface area contributed by atoms with Gasteiger partial charge in [0, 0.05) is 13.0 Å². The second kappa shape index (κ2) is 8.61. The van der Waals surface area contributed by atoms with Crippen molar-refractivity contribution in [1.82, 2.24) is 10.2 Å². The Morgan fingerprint density at radius 1 is 0.867 bits per heavy atom. The highest BCUT2D eigenvalue weighted by atomic mass is 16.1. The Kier molecular flexibility index (Phi) is 5.54. The summed E-state index contributed by atoms with van der Waals surface area (Å²) in [7, 11) is 0. The van der Waals surface area contributed by atoms with E-state index in [0.717, 1.165) is 32.5 Å². The summed E-state index contributed by atoms with van der Waals surface area (Å²) in [5.74, 6) is 0.809. The van der Waals surface area contributed by atoms with E-state index in [2.05, 4.69) is 76.9 Å². The number of carbonyl (C=O) groups excluding carboxylic acids is 1. The summed E-state index contributed by atoms with van der Waals surface area (Å²) in [6, 6.07) is 24.1. The van der Waals surface area contributed by atoms with Gasteiger partial charge in [-0.3, -0.25) is 4.79 Å². The predicted molar refractivity (Wildman–Crippen MR) is 123 cm³/mol. The van der Waals surface area contributed by atoms with Crippen LogP contribution in [0.2, 0.25) is 0 Å². The van der Waals surface area contributed by atoms with E-state index < -0.39 is 0 Å². The van der Waals surface area contributed by atoms with Crippen LogP contribution in [-0.2, 0) is 11.2 Å². The van der Waals surface area contributed by atoms with E-state index in [1.165, 1.54) is 40.3 Å². The van der Waals surface area contributed by atoms with Crippen LogP contribution in [0.25, 0.3) is 10.8 Å². The fraction of sp³-hybridized carbons (Fsp3) is 0.370. The first kappa shape index (κ1) is 19.3. The predicted octanol–water partition coefficient (Wildman–Crippen LogP) is 5.21. The van der Waals surface area contributed by atoms with Crippen LogP contribution in [-0.4, -0.2) is 30.4 Å². The summed E-state index contributed by atoms with van der Waals surface area (Å²) >= 11 is 0. The first-order valence-corrected chi connectivity index (χ1v) is 11.3. The van der Waals surface area contributed by atoms with E-state index in [9.17, 15) is 4.79 Å². The summed E-state index contributed by atoms with van der Waals surface area (Å²) in [5.41, 5.74) is 4.19. The maximum Gasteiger partial charge on any atom is 0.221 e. The molecule has 1 aliphatic heterocycles. The van der Waals surface area contributed by atoms with Crippen LogP contribution < -0.4 is 5.32 Å². The Hall–Kier alpha value is -2.65. The van der Waals surface area contributed by atoms with Crippen LogP contribution >= 0.6 is 0 Å². The number of benzene rings is 3. The van der Waals surface area contributed by atoms with E-state index in [1.807, 2.05) is 0 Å². The van der Waals surface area contributed by atoms with Crippen molar-refractivity contribution in [1.29, 1.82) is 0 Å². The number of nitrogens with one attached hydrogen (secondary N) is 1. The van der Waals surface area contributed by atoms with Gasteiger partial charge in [0.15, 0.2) is 0 Å². The molecule has 0 saturated carbocycles. The van der Waals surface area contributed by atoms with Gasteiger partial charge < -0.3 is 10.2 Å². The van der Waals surface area contributed by atoms with Gasteiger partial charge in [0.25, 0.3) is 0 Å². The van der Waals surface area contributed by atoms with Crippen LogP contribution in [0.5, 0.6) is 0 Å². The van der Waals surface area contributed by atoms with Crippen molar-refractivity contribution in [3.8, 4) is 0 Å². The topological polar surface area (TPSA) is 32.3 Å². The normalized spacial score (nSPS) is 19.7. The minimum absolute atomic E-state index is 0.188. The number of nitrogens with zero attached hydrogens (tertiary/aromatic N) is 1. The molecule has 1 N–H and O–H groups in total. The van der Waals surface area contributed by atoms with Gasteiger partial charge in [0.1, 0.15) is 0 Å². The van der Waals surface area contributed by atoms with E-state index in [-0.39, 0.29) is 11.9 Å². The monoisotopic (exact) mass is 398 g/mol. The second-order valence-electron chi connectivity index (χ2n) is 8.79. The standard InChI is InChI=1S/C27H30N2O/c30-27(28-26-13-12-21-7-2-4-10-25(21)26)16-19-29-17-14-22(15-18-29)24-11-5-8-20-6-1-3-9-23(20)24/h1-11,22,26H,12-19H2,(H,28,30). The van der Waals surface area contributed by atoms with E-state index in [4.69, 9.17) is 0 Å². The second-order valence-corrected chi connectivity index (χ2v) is 8.79. The molecule has 2 aliphatic rings. The maximum absolute atomic E-state index is 12.5. The van der Waals surface area contributed by atoms with Crippen molar-refractivity contribution in [2.45, 2.75) is 44.1 Å². The van der Waals surface area contributed by atoms with Gasteiger partial charge in [-0.25, -0.2) is 0 Å². The van der Waals surface area contributed by atoms with Gasteiger partial charge in [-0.05, 0) is 72.2 Å². The molecule has 0 spiro atoms. The van der Waals surface area contributed by atoms with Crippen LogP contribution in [0.4, 0.5) is 0 Å². The molecule has 1 amide bonds. The molecule has 5 rings (SSSR count). The maximum atomic E-state index is 12.5. The lowest BCUT2D eigenvalue weighted by molar-refractivity contribution is -0.122. The molecule has 1 aliphatic carbocycles. The molecule has 0 bridgehead atoms. The van der Waals surface area contributed by atoms with Crippen LogP contribution in [0.3, 0.4) is 0 Å². The largest absolute Gasteiger partial charge is 0.349 e. The summed E-state index contributed by atoms with van der Waals surface area (Å²) in [6.07, 6.45) is 5.04. The quantitative estimate of drug-likeness (QED) is 0.640. The first-order chi connectivity index (χ1) is 14.8. The number of piperidine rings is 1. The minimum atomic E-state index is 0.188. The summed E-state index contributed by atoms with van der Waals surface area (Å²) < 4.78 is 0. The van der Waals surface area contributed by atoms with Gasteiger partial charge in [0.05, 0.1) is 6.04 Å². The number of hydrogen-bond acceptors (Lipinski definition) is 2. The average molecular weight is 399 g/mol. The van der Waals surface area contributed by atoms with Crippen molar-refractivity contribution >= 4 is 16.7 Å². The van der Waals surface area contributed by atoms with Crippen LogP contribution in [0.1, 0.15) is 54.3 Å². The third-order valence-corrected chi connectivity index (χ3v) is 6.97. The molecule has 0 radical (unpaired) electrons. The van der Waals surface area contributed by atoms with Gasteiger partial charge in [-0.1, -0.05) is 66.7 Å². The van der Waals surface area contributed by atoms with Crippen molar-refractivity contribution < 1.29 is 4.79 Å². The number of rotatable bonds is 5. The number of amides is 1. The molecule has 3 heteroatoms. The van der Waals surface area contributed by atoms with Gasteiger partial charge >= 0.3 is 0 Å². The van der Waals surface area contributed by atoms with Crippen LogP contribution in [0, 0.1) is 0 Å². The smallest absolute Gasteiger partial charge is 0.221 e. The Morgan fingerprint density at radius 3 is 2.50 bits per heavy atom. The zero-order valence-corrected chi connectivity index (χ0v) is 17.5. The lowest BCUT2D eigenvalue weighted by atomic mass is 9.86. The van der Waals surface area contributed by atoms with Crippen molar-refractivity contribution in [3.05, 3.63) is 83.4 Å². The molecule has 1 unspecified atom stereocenters. The Morgan fingerprint density at radius 2 is 1.60 bits per heavy atom. The minimum Gasteiger partial charge on any atom is -0.349 e. The highest BCUT2D eigenvalue weighted by Crippen LogP contribution is 2.33. The van der Waals surface area contributed by atoms with E-state index in [0.29, 0.717) is 12.3 Å². The number of carbonyl (C=O) groups is 1. The van der Waals surface area contributed by atoms with E-state index >= 15 is 0 Å². The fourth-order valence-electron chi connectivity index (χ4n) is 5.31. The zero-order valence-electron chi connectivity index (χ0n) is 17.5. The summed E-state index contributed by atoms with van der Waals surface area (Å²) in [5, 5.41) is 6.00. The Balaban J connectivity index is 1.12. The summed E-state index contributed by atoms with van der Waals surface area (Å²) in [6.45, 7) is 3.02. The zero-order chi connectivity index (χ0) is 20.3. The van der Waals surface area contributed by atoms with Crippen LogP contribution in [0.15, 0.2) is 66.7 Å². The third kappa shape index (κ3) is 3.99. The lowest BCUT2D eigenvalue weighted by Crippen LogP contribution is -2.36. The molecule has 3 aromatic rings. The molecule has 154 valence electrons. The molecule has 3 nitrogen and oxygen atoms in total. The first-order valence-electron chi connectivity index (χ1n) is 11.3. The Labute approximate surface area is 179 Å². The van der Waals surface area contributed by atoms with Gasteiger partial charge in [-0.15, -0.1) is 0 Å². The molecule has 0 aromatic heterocycles. The number of fused-ring (bicyclic) bond motifs is 2. The van der Waals surface area contributed by atoms with Crippen molar-refractivity contribution in [2.24, 2.45) is 0 Å². The highest BCUT2D eigenvalue weighted by Gasteiger charge is 2.25. The SMILES string of the molecule is O=C(CCN1CCC(c2cccc3ccccc23)CC1)NC1CCc2ccccc21. The summed E-state index contributed by atoms with van der Waals surface area (Å²) in [4.78, 5) is 15.0. The highest BCUT2D eigenvalue weighted by molar-refractivity contribution is 5.86. The molecular weight excluding hydrogens is 368 g/mol. The van der Waals surface area contributed by atoms with E-state index in [1.54, 1.807) is 0 Å². The fourth-order valence-corrected chi connectivity index (χ4v) is 5.31. The number of hydrogen-bond donors (Lipinski definition) is 1. The number of aryl methyl sites for hydroxylation is 1. The third-order valence-electron chi connectivity index (χ3n) is 6.97. The average Bonchev–Trinajstić information content (AvgIpc) is 3.20. The van der Waals surface area contributed by atoms with Crippen molar-refractivity contribution in [2.75, 3.05) is 19.6 Å². The molecule has 1 atom stereocenters. The van der Waals surface area contributed by atoms with Gasteiger partial charge in [-0.2, -0.15) is 0 Å². The van der Waals surface area contributed by atoms with Crippen molar-refractivity contribution in [3.63, 3.8) is 0 Å². The molecule has 30 heavy (non-hydrogen) atoms. The molecule has 1 heterocycles. The number of likely N-dealkylation sites (tertiary alicyclic amines) is 1. The molecule has 3 aromatic carbocycles. The molecular formula is C27H30N2O. The van der Waals surface area contributed by atoms with Gasteiger partial charge in [0.2, 0.25) is 5.91 Å². The Bertz CT molecular complexity index is 1030. The molecule has 1 saturated heterocycles. The lowest BCUT2D eigenvalue weighted by Gasteiger charge is -2.32.